The van der Waals surface area contributed by atoms with Gasteiger partial charge in [-0.1, -0.05) is 6.07 Å². The van der Waals surface area contributed by atoms with Crippen molar-refractivity contribution < 1.29 is 0 Å². The van der Waals surface area contributed by atoms with Crippen LogP contribution in [0.1, 0.15) is 29.8 Å². The fraction of sp³-hybridized carbons (Fsp3) is 0.429. The van der Waals surface area contributed by atoms with Gasteiger partial charge in [0.1, 0.15) is 0 Å². The Morgan fingerprint density at radius 1 is 1.42 bits per heavy atom. The monoisotopic (exact) mass is 320 g/mol. The summed E-state index contributed by atoms with van der Waals surface area (Å²) in [6, 6.07) is 4.79. The molecule has 1 saturated carbocycles. The highest BCUT2D eigenvalue weighted by atomic mass is 79.9. The summed E-state index contributed by atoms with van der Waals surface area (Å²) in [5.41, 5.74) is 3.26. The van der Waals surface area contributed by atoms with Crippen LogP contribution in [0.3, 0.4) is 0 Å². The van der Waals surface area contributed by atoms with E-state index >= 15 is 0 Å². The number of rotatable bonds is 4. The van der Waals surface area contributed by atoms with E-state index in [0.717, 1.165) is 28.2 Å². The third kappa shape index (κ3) is 2.58. The molecule has 1 N–H and O–H groups in total. The zero-order chi connectivity index (χ0) is 13.4. The van der Waals surface area contributed by atoms with E-state index in [-0.39, 0.29) is 0 Å². The maximum atomic E-state index is 4.56. The Bertz CT molecular complexity index is 601. The average molecular weight is 321 g/mol. The predicted octanol–water partition coefficient (Wildman–Crippen LogP) is 2.90. The van der Waals surface area contributed by atoms with Crippen molar-refractivity contribution in [3.05, 3.63) is 39.8 Å². The molecule has 0 unspecified atom stereocenters. The predicted molar refractivity (Wildman–Crippen MR) is 78.4 cm³/mol. The molecule has 5 heteroatoms. The van der Waals surface area contributed by atoms with Gasteiger partial charge in [0.25, 0.3) is 0 Å². The summed E-state index contributed by atoms with van der Waals surface area (Å²) >= 11 is 3.57. The minimum Gasteiger partial charge on any atom is -0.310 e. The zero-order valence-electron chi connectivity index (χ0n) is 11.2. The second-order valence-corrected chi connectivity index (χ2v) is 5.83. The minimum atomic E-state index is 0.695. The Labute approximate surface area is 121 Å². The van der Waals surface area contributed by atoms with Crippen molar-refractivity contribution in [2.75, 3.05) is 0 Å². The normalized spacial score (nSPS) is 14.9. The molecule has 2 aromatic rings. The lowest BCUT2D eigenvalue weighted by molar-refractivity contribution is 0.674. The average Bonchev–Trinajstić information content (AvgIpc) is 3.21. The van der Waals surface area contributed by atoms with Crippen LogP contribution in [0, 0.1) is 13.8 Å². The maximum Gasteiger partial charge on any atom is 0.158 e. The lowest BCUT2D eigenvalue weighted by Gasteiger charge is -2.10. The van der Waals surface area contributed by atoms with E-state index < -0.39 is 0 Å². The Morgan fingerprint density at radius 2 is 2.21 bits per heavy atom. The van der Waals surface area contributed by atoms with E-state index in [0.29, 0.717) is 6.04 Å². The summed E-state index contributed by atoms with van der Waals surface area (Å²) in [5.74, 6) is 0.918. The van der Waals surface area contributed by atoms with E-state index in [1.165, 1.54) is 18.4 Å². The van der Waals surface area contributed by atoms with Crippen LogP contribution < -0.4 is 5.32 Å². The molecule has 0 saturated heterocycles. The van der Waals surface area contributed by atoms with Gasteiger partial charge in [-0.3, -0.25) is 0 Å². The van der Waals surface area contributed by atoms with Crippen LogP contribution in [0.25, 0.3) is 5.82 Å². The molecule has 2 heterocycles. The smallest absolute Gasteiger partial charge is 0.158 e. The van der Waals surface area contributed by atoms with Gasteiger partial charge in [0.2, 0.25) is 0 Å². The van der Waals surface area contributed by atoms with Crippen molar-refractivity contribution in [2.24, 2.45) is 0 Å². The molecule has 0 atom stereocenters. The summed E-state index contributed by atoms with van der Waals surface area (Å²) in [7, 11) is 0. The Balaban J connectivity index is 1.96. The standard InChI is InChI=1S/C14H17BrN4/c1-9-13(15)10(2)19(18-9)14-11(4-3-7-16-14)8-17-12-5-6-12/h3-4,7,12,17H,5-6,8H2,1-2H3. The SMILES string of the molecule is Cc1nn(-c2ncccc2CNC2CC2)c(C)c1Br. The topological polar surface area (TPSA) is 42.7 Å². The number of nitrogens with one attached hydrogen (secondary N) is 1. The highest BCUT2D eigenvalue weighted by molar-refractivity contribution is 9.10. The van der Waals surface area contributed by atoms with Crippen molar-refractivity contribution in [1.29, 1.82) is 0 Å². The van der Waals surface area contributed by atoms with Gasteiger partial charge in [-0.15, -0.1) is 0 Å². The first-order chi connectivity index (χ1) is 9.16. The molecule has 0 radical (unpaired) electrons. The number of aryl methyl sites for hydroxylation is 1. The molecule has 1 aliphatic carbocycles. The molecule has 3 rings (SSSR count). The third-order valence-corrected chi connectivity index (χ3v) is 4.58. The molecule has 0 bridgehead atoms. The highest BCUT2D eigenvalue weighted by Gasteiger charge is 2.21. The van der Waals surface area contributed by atoms with Crippen molar-refractivity contribution in [1.82, 2.24) is 20.1 Å². The molecule has 0 spiro atoms. The molecule has 4 nitrogen and oxygen atoms in total. The summed E-state index contributed by atoms with van der Waals surface area (Å²) < 4.78 is 2.97. The molecular formula is C14H17BrN4. The van der Waals surface area contributed by atoms with Crippen molar-refractivity contribution in [2.45, 2.75) is 39.3 Å². The molecule has 19 heavy (non-hydrogen) atoms. The third-order valence-electron chi connectivity index (χ3n) is 3.43. The van der Waals surface area contributed by atoms with E-state index in [4.69, 9.17) is 0 Å². The van der Waals surface area contributed by atoms with E-state index in [2.05, 4.69) is 44.3 Å². The lowest BCUT2D eigenvalue weighted by atomic mass is 10.2. The first-order valence-corrected chi connectivity index (χ1v) is 7.35. The number of nitrogens with zero attached hydrogens (tertiary/aromatic N) is 3. The van der Waals surface area contributed by atoms with Gasteiger partial charge in [0, 0.05) is 24.3 Å². The first-order valence-electron chi connectivity index (χ1n) is 6.56. The fourth-order valence-electron chi connectivity index (χ4n) is 2.13. The number of hydrogen-bond acceptors (Lipinski definition) is 3. The second-order valence-electron chi connectivity index (χ2n) is 5.04. The maximum absolute atomic E-state index is 4.56. The molecule has 0 aromatic carbocycles. The second kappa shape index (κ2) is 5.06. The van der Waals surface area contributed by atoms with E-state index in [9.17, 15) is 0 Å². The van der Waals surface area contributed by atoms with E-state index in [1.807, 2.05) is 23.9 Å². The largest absolute Gasteiger partial charge is 0.310 e. The van der Waals surface area contributed by atoms with Crippen LogP contribution in [0.15, 0.2) is 22.8 Å². The molecule has 1 fully saturated rings. The van der Waals surface area contributed by atoms with Crippen LogP contribution in [-0.2, 0) is 6.54 Å². The van der Waals surface area contributed by atoms with Crippen LogP contribution in [0.5, 0.6) is 0 Å². The van der Waals surface area contributed by atoms with Crippen LogP contribution >= 0.6 is 15.9 Å². The molecule has 0 amide bonds. The van der Waals surface area contributed by atoms with Crippen LogP contribution in [-0.4, -0.2) is 20.8 Å². The van der Waals surface area contributed by atoms with Gasteiger partial charge in [-0.05, 0) is 48.7 Å². The molecular weight excluding hydrogens is 304 g/mol. The highest BCUT2D eigenvalue weighted by Crippen LogP contribution is 2.24. The Hall–Kier alpha value is -1.20. The van der Waals surface area contributed by atoms with Gasteiger partial charge in [-0.2, -0.15) is 5.10 Å². The zero-order valence-corrected chi connectivity index (χ0v) is 12.7. The minimum absolute atomic E-state index is 0.695. The van der Waals surface area contributed by atoms with Crippen LogP contribution in [0.4, 0.5) is 0 Å². The molecule has 1 aliphatic rings. The van der Waals surface area contributed by atoms with Gasteiger partial charge >= 0.3 is 0 Å². The number of pyridine rings is 1. The van der Waals surface area contributed by atoms with Gasteiger partial charge in [0.15, 0.2) is 5.82 Å². The lowest BCUT2D eigenvalue weighted by Crippen LogP contribution is -2.18. The molecule has 2 aromatic heterocycles. The van der Waals surface area contributed by atoms with Crippen molar-refractivity contribution in [3.63, 3.8) is 0 Å². The quantitative estimate of drug-likeness (QED) is 0.941. The van der Waals surface area contributed by atoms with Crippen molar-refractivity contribution in [3.8, 4) is 5.82 Å². The molecule has 0 aliphatic heterocycles. The summed E-state index contributed by atoms with van der Waals surface area (Å²) in [4.78, 5) is 4.50. The van der Waals surface area contributed by atoms with Gasteiger partial charge < -0.3 is 5.32 Å². The number of aromatic nitrogens is 3. The van der Waals surface area contributed by atoms with Crippen molar-refractivity contribution >= 4 is 15.9 Å². The van der Waals surface area contributed by atoms with E-state index in [1.54, 1.807) is 0 Å². The summed E-state index contributed by atoms with van der Waals surface area (Å²) in [6.07, 6.45) is 4.41. The number of halogens is 1. The Kier molecular flexibility index (Phi) is 3.41. The van der Waals surface area contributed by atoms with Gasteiger partial charge in [0.05, 0.1) is 15.9 Å². The first kappa shape index (κ1) is 12.8. The van der Waals surface area contributed by atoms with Crippen LogP contribution in [0.2, 0.25) is 0 Å². The molecule has 100 valence electrons. The Morgan fingerprint density at radius 3 is 2.84 bits per heavy atom. The summed E-state index contributed by atoms with van der Waals surface area (Å²) in [5, 5.41) is 8.09. The fourth-order valence-corrected chi connectivity index (χ4v) is 2.38. The van der Waals surface area contributed by atoms with Gasteiger partial charge in [-0.25, -0.2) is 9.67 Å². The summed E-state index contributed by atoms with van der Waals surface area (Å²) in [6.45, 7) is 4.90. The number of hydrogen-bond donors (Lipinski definition) is 1.